The van der Waals surface area contributed by atoms with E-state index in [1.807, 2.05) is 26.0 Å². The number of nitrogens with one attached hydrogen (secondary N) is 2. The molecule has 0 heterocycles. The van der Waals surface area contributed by atoms with Crippen molar-refractivity contribution in [1.29, 1.82) is 0 Å². The Morgan fingerprint density at radius 2 is 1.50 bits per heavy atom. The molecule has 3 rings (SSSR count). The van der Waals surface area contributed by atoms with Crippen molar-refractivity contribution in [3.8, 4) is 0 Å². The first-order chi connectivity index (χ1) is 15.2. The number of carbonyl (C=O) groups excluding carboxylic acids is 1. The Balaban J connectivity index is 1.67. The molecule has 0 bridgehead atoms. The molecule has 0 unspecified atom stereocenters. The Labute approximate surface area is 190 Å². The maximum Gasteiger partial charge on any atom is 0.262 e. The van der Waals surface area contributed by atoms with Gasteiger partial charge in [0.1, 0.15) is 0 Å². The van der Waals surface area contributed by atoms with E-state index < -0.39 is 10.0 Å². The molecule has 3 aromatic rings. The van der Waals surface area contributed by atoms with Gasteiger partial charge in [-0.2, -0.15) is 0 Å². The van der Waals surface area contributed by atoms with Gasteiger partial charge in [-0.15, -0.1) is 0 Å². The average molecular weight is 451 g/mol. The van der Waals surface area contributed by atoms with Gasteiger partial charge in [-0.1, -0.05) is 53.6 Å². The van der Waals surface area contributed by atoms with Gasteiger partial charge in [0.05, 0.1) is 10.6 Å². The normalized spacial score (nSPS) is 11.2. The van der Waals surface area contributed by atoms with Crippen LogP contribution < -0.4 is 10.0 Å². The summed E-state index contributed by atoms with van der Waals surface area (Å²) in [7, 11) is -3.83. The highest BCUT2D eigenvalue weighted by Crippen LogP contribution is 2.23. The molecule has 0 fully saturated rings. The zero-order valence-electron chi connectivity index (χ0n) is 19.0. The van der Waals surface area contributed by atoms with Crippen LogP contribution in [-0.2, 0) is 16.4 Å². The molecule has 0 saturated heterocycles. The molecule has 0 saturated carbocycles. The third kappa shape index (κ3) is 5.98. The van der Waals surface area contributed by atoms with Crippen molar-refractivity contribution in [2.24, 2.45) is 0 Å². The minimum absolute atomic E-state index is 0.102. The maximum absolute atomic E-state index is 13.0. The lowest BCUT2D eigenvalue weighted by Crippen LogP contribution is -2.25. The van der Waals surface area contributed by atoms with Gasteiger partial charge in [0, 0.05) is 12.1 Å². The molecular weight excluding hydrogens is 420 g/mol. The summed E-state index contributed by atoms with van der Waals surface area (Å²) in [5.41, 5.74) is 5.78. The van der Waals surface area contributed by atoms with Crippen LogP contribution in [0.1, 0.15) is 44.6 Å². The second-order valence-corrected chi connectivity index (χ2v) is 9.90. The summed E-state index contributed by atoms with van der Waals surface area (Å²) in [6, 6.07) is 18.6. The fraction of sp³-hybridized carbons (Fsp3) is 0.269. The predicted octanol–water partition coefficient (Wildman–Crippen LogP) is 5.08. The van der Waals surface area contributed by atoms with Crippen molar-refractivity contribution in [3.63, 3.8) is 0 Å². The molecule has 0 aromatic heterocycles. The lowest BCUT2D eigenvalue weighted by atomic mass is 10.1. The van der Waals surface area contributed by atoms with Crippen molar-refractivity contribution in [1.82, 2.24) is 5.32 Å². The fourth-order valence-corrected chi connectivity index (χ4v) is 4.91. The van der Waals surface area contributed by atoms with Crippen molar-refractivity contribution in [3.05, 3.63) is 94.0 Å². The Hall–Kier alpha value is -3.12. The molecule has 1 amide bonds. The number of benzene rings is 3. The monoisotopic (exact) mass is 450 g/mol. The van der Waals surface area contributed by atoms with Gasteiger partial charge >= 0.3 is 0 Å². The number of amides is 1. The SMILES string of the molecule is Cc1ccc(CCCNC(=O)c2ccc(C)c(S(=O)(=O)Nc3ccc(C)cc3C)c2)cc1. The summed E-state index contributed by atoms with van der Waals surface area (Å²) in [6.07, 6.45) is 1.67. The number of sulfonamides is 1. The van der Waals surface area contributed by atoms with Gasteiger partial charge in [0.25, 0.3) is 15.9 Å². The van der Waals surface area contributed by atoms with Gasteiger partial charge < -0.3 is 5.32 Å². The molecule has 0 spiro atoms. The van der Waals surface area contributed by atoms with E-state index in [2.05, 4.69) is 41.2 Å². The van der Waals surface area contributed by atoms with E-state index in [0.717, 1.165) is 24.0 Å². The van der Waals surface area contributed by atoms with E-state index in [0.29, 0.717) is 23.4 Å². The first kappa shape index (κ1) is 23.5. The fourth-order valence-electron chi connectivity index (χ4n) is 3.51. The highest BCUT2D eigenvalue weighted by molar-refractivity contribution is 7.92. The van der Waals surface area contributed by atoms with Gasteiger partial charge in [0.2, 0.25) is 0 Å². The van der Waals surface area contributed by atoms with E-state index in [1.54, 1.807) is 25.1 Å². The van der Waals surface area contributed by atoms with E-state index >= 15 is 0 Å². The predicted molar refractivity (Wildman–Crippen MR) is 130 cm³/mol. The smallest absolute Gasteiger partial charge is 0.262 e. The third-order valence-corrected chi connectivity index (χ3v) is 6.92. The highest BCUT2D eigenvalue weighted by Gasteiger charge is 2.20. The molecule has 32 heavy (non-hydrogen) atoms. The van der Waals surface area contributed by atoms with Crippen LogP contribution >= 0.6 is 0 Å². The number of anilines is 1. The average Bonchev–Trinajstić information content (AvgIpc) is 2.74. The van der Waals surface area contributed by atoms with Crippen LogP contribution in [0.4, 0.5) is 5.69 Å². The number of carbonyl (C=O) groups is 1. The van der Waals surface area contributed by atoms with Crippen molar-refractivity contribution < 1.29 is 13.2 Å². The van der Waals surface area contributed by atoms with Gasteiger partial charge in [-0.05, 0) is 75.4 Å². The second-order valence-electron chi connectivity index (χ2n) is 8.25. The number of hydrogen-bond acceptors (Lipinski definition) is 3. The summed E-state index contributed by atoms with van der Waals surface area (Å²) in [6.45, 7) is 8.11. The van der Waals surface area contributed by atoms with E-state index in [1.165, 1.54) is 17.2 Å². The molecule has 0 atom stereocenters. The Kier molecular flexibility index (Phi) is 7.36. The van der Waals surface area contributed by atoms with Gasteiger partial charge in [-0.25, -0.2) is 8.42 Å². The van der Waals surface area contributed by atoms with Crippen molar-refractivity contribution in [2.75, 3.05) is 11.3 Å². The summed E-state index contributed by atoms with van der Waals surface area (Å²) >= 11 is 0. The minimum Gasteiger partial charge on any atom is -0.352 e. The van der Waals surface area contributed by atoms with Crippen LogP contribution in [-0.4, -0.2) is 20.9 Å². The Morgan fingerprint density at radius 3 is 2.19 bits per heavy atom. The van der Waals surface area contributed by atoms with Crippen molar-refractivity contribution in [2.45, 2.75) is 45.4 Å². The van der Waals surface area contributed by atoms with Crippen LogP contribution in [0, 0.1) is 27.7 Å². The molecule has 6 heteroatoms. The summed E-state index contributed by atoms with van der Waals surface area (Å²) in [4.78, 5) is 12.7. The molecule has 168 valence electrons. The van der Waals surface area contributed by atoms with E-state index in [-0.39, 0.29) is 10.8 Å². The number of rotatable bonds is 8. The van der Waals surface area contributed by atoms with Crippen LogP contribution in [0.15, 0.2) is 65.6 Å². The Morgan fingerprint density at radius 1 is 0.812 bits per heavy atom. The molecule has 0 radical (unpaired) electrons. The topological polar surface area (TPSA) is 75.3 Å². The standard InChI is InChI=1S/C26H30N2O3S/c1-18-7-11-22(12-8-18)6-5-15-27-26(29)23-13-10-20(3)25(17-23)32(30,31)28-24-14-9-19(2)16-21(24)4/h7-14,16-17,28H,5-6,15H2,1-4H3,(H,27,29). The van der Waals surface area contributed by atoms with Gasteiger partial charge in [0.15, 0.2) is 0 Å². The zero-order valence-corrected chi connectivity index (χ0v) is 19.8. The quantitative estimate of drug-likeness (QED) is 0.470. The first-order valence-corrected chi connectivity index (χ1v) is 12.2. The van der Waals surface area contributed by atoms with Crippen molar-refractivity contribution >= 4 is 21.6 Å². The summed E-state index contributed by atoms with van der Waals surface area (Å²) < 4.78 is 28.7. The molecule has 0 aliphatic carbocycles. The third-order valence-electron chi connectivity index (χ3n) is 5.41. The minimum atomic E-state index is -3.83. The zero-order chi connectivity index (χ0) is 23.3. The van der Waals surface area contributed by atoms with Crippen LogP contribution in [0.2, 0.25) is 0 Å². The summed E-state index contributed by atoms with van der Waals surface area (Å²) in [5.74, 6) is -0.281. The molecule has 0 aliphatic rings. The van der Waals surface area contributed by atoms with Crippen LogP contribution in [0.5, 0.6) is 0 Å². The number of hydrogen-bond donors (Lipinski definition) is 2. The molecule has 2 N–H and O–H groups in total. The lowest BCUT2D eigenvalue weighted by Gasteiger charge is -2.14. The first-order valence-electron chi connectivity index (χ1n) is 10.7. The summed E-state index contributed by atoms with van der Waals surface area (Å²) in [5, 5.41) is 2.89. The Bertz CT molecular complexity index is 1220. The van der Waals surface area contributed by atoms with Gasteiger partial charge in [-0.3, -0.25) is 9.52 Å². The number of aryl methyl sites for hydroxylation is 5. The largest absolute Gasteiger partial charge is 0.352 e. The van der Waals surface area contributed by atoms with E-state index in [9.17, 15) is 13.2 Å². The molecular formula is C26H30N2O3S. The molecule has 0 aliphatic heterocycles. The maximum atomic E-state index is 13.0. The highest BCUT2D eigenvalue weighted by atomic mass is 32.2. The van der Waals surface area contributed by atoms with Crippen LogP contribution in [0.3, 0.4) is 0 Å². The second kappa shape index (κ2) is 10.0. The van der Waals surface area contributed by atoms with E-state index in [4.69, 9.17) is 0 Å². The molecule has 3 aromatic carbocycles. The molecule has 5 nitrogen and oxygen atoms in total. The van der Waals surface area contributed by atoms with Crippen LogP contribution in [0.25, 0.3) is 0 Å². The lowest BCUT2D eigenvalue weighted by molar-refractivity contribution is 0.0953.